The number of hydrogen-bond donors (Lipinski definition) is 1. The number of aromatic nitrogens is 1. The van der Waals surface area contributed by atoms with Crippen LogP contribution in [0.1, 0.15) is 37.7 Å². The van der Waals surface area contributed by atoms with Gasteiger partial charge in [-0.05, 0) is 42.7 Å². The Morgan fingerprint density at radius 3 is 2.40 bits per heavy atom. The lowest BCUT2D eigenvalue weighted by atomic mass is 9.92. The highest BCUT2D eigenvalue weighted by Crippen LogP contribution is 2.60. The van der Waals surface area contributed by atoms with Gasteiger partial charge in [0.25, 0.3) is 5.56 Å². The van der Waals surface area contributed by atoms with Crippen LogP contribution in [0.2, 0.25) is 5.02 Å². The van der Waals surface area contributed by atoms with Gasteiger partial charge in [-0.15, -0.1) is 0 Å². The topological polar surface area (TPSA) is 59.9 Å². The molecule has 3 aromatic rings. The zero-order valence-corrected chi connectivity index (χ0v) is 17.9. The van der Waals surface area contributed by atoms with Gasteiger partial charge in [-0.3, -0.25) is 4.79 Å². The number of nitrogens with one attached hydrogen (secondary N) is 1. The summed E-state index contributed by atoms with van der Waals surface area (Å²) in [6.45, 7) is 0. The highest BCUT2D eigenvalue weighted by Gasteiger charge is 2.48. The first-order chi connectivity index (χ1) is 14.6. The fourth-order valence-electron chi connectivity index (χ4n) is 4.64. The third-order valence-corrected chi connectivity index (χ3v) is 7.79. The predicted octanol–water partition coefficient (Wildman–Crippen LogP) is 6.47. The number of nitrogens with zero attached hydrogens (tertiary/aromatic N) is 2. The Balaban J connectivity index is 1.79. The molecular weight excluding hydrogens is 414 g/mol. The molecule has 6 heteroatoms. The summed E-state index contributed by atoms with van der Waals surface area (Å²) in [6.07, 6.45) is 5.59. The minimum Gasteiger partial charge on any atom is -0.311 e. The van der Waals surface area contributed by atoms with Crippen LogP contribution in [-0.4, -0.2) is 9.85 Å². The van der Waals surface area contributed by atoms with Crippen molar-refractivity contribution in [3.63, 3.8) is 0 Å². The van der Waals surface area contributed by atoms with Crippen molar-refractivity contribution in [3.8, 4) is 17.2 Å². The van der Waals surface area contributed by atoms with Crippen LogP contribution in [-0.2, 0) is 0 Å². The first-order valence-corrected chi connectivity index (χ1v) is 11.3. The normalized spacial score (nSPS) is 17.0. The van der Waals surface area contributed by atoms with E-state index in [-0.39, 0.29) is 16.0 Å². The highest BCUT2D eigenvalue weighted by molar-refractivity contribution is 8.01. The molecule has 0 saturated heterocycles. The van der Waals surface area contributed by atoms with E-state index in [1.165, 1.54) is 6.42 Å². The summed E-state index contributed by atoms with van der Waals surface area (Å²) in [6, 6.07) is 19.7. The molecule has 0 bridgehead atoms. The van der Waals surface area contributed by atoms with E-state index < -0.39 is 0 Å². The molecule has 1 aliphatic carbocycles. The molecule has 0 unspecified atom stereocenters. The van der Waals surface area contributed by atoms with E-state index in [1.807, 2.05) is 30.3 Å². The first kappa shape index (κ1) is 19.3. The van der Waals surface area contributed by atoms with Crippen molar-refractivity contribution >= 4 is 34.9 Å². The van der Waals surface area contributed by atoms with Gasteiger partial charge in [-0.1, -0.05) is 73.0 Å². The number of H-pyrrole nitrogens is 1. The van der Waals surface area contributed by atoms with Gasteiger partial charge in [0.1, 0.15) is 17.5 Å². The molecule has 4 nitrogen and oxygen atoms in total. The molecule has 1 aromatic heterocycles. The van der Waals surface area contributed by atoms with E-state index >= 15 is 0 Å². The predicted molar refractivity (Wildman–Crippen MR) is 122 cm³/mol. The van der Waals surface area contributed by atoms with E-state index in [0.29, 0.717) is 10.6 Å². The zero-order valence-electron chi connectivity index (χ0n) is 16.3. The van der Waals surface area contributed by atoms with E-state index in [4.69, 9.17) is 11.6 Å². The highest BCUT2D eigenvalue weighted by atomic mass is 35.5. The van der Waals surface area contributed by atoms with Gasteiger partial charge in [0, 0.05) is 16.3 Å². The monoisotopic (exact) mass is 433 g/mol. The van der Waals surface area contributed by atoms with Gasteiger partial charge < -0.3 is 9.88 Å². The maximum Gasteiger partial charge on any atom is 0.268 e. The van der Waals surface area contributed by atoms with Crippen molar-refractivity contribution < 1.29 is 0 Å². The summed E-state index contributed by atoms with van der Waals surface area (Å²) in [7, 11) is 0. The Bertz CT molecular complexity index is 1190. The smallest absolute Gasteiger partial charge is 0.268 e. The standard InChI is InChI=1S/C24H20ClN3OS/c25-17-11-9-16(10-12-17)20-19(15-26)23(29)27-22-21(20)30-24(13-5-2-6-14-24)28(22)18-7-3-1-4-8-18/h1,3-4,7-12H,2,5-6,13-14H2,(H,27,29). The number of thioether (sulfide) groups is 1. The SMILES string of the molecule is N#Cc1c(-c2ccc(Cl)cc2)c2c([nH]c1=O)N(c1ccccc1)C1(CCCCC1)S2. The molecule has 0 amide bonds. The minimum absolute atomic E-state index is 0.153. The zero-order chi connectivity index (χ0) is 20.7. The molecule has 30 heavy (non-hydrogen) atoms. The van der Waals surface area contributed by atoms with Gasteiger partial charge in [0.2, 0.25) is 0 Å². The number of benzene rings is 2. The van der Waals surface area contributed by atoms with Crippen molar-refractivity contribution in [2.75, 3.05) is 4.90 Å². The Labute approximate surface area is 184 Å². The molecule has 0 atom stereocenters. The molecule has 150 valence electrons. The molecular formula is C24H20ClN3OS. The number of rotatable bonds is 2. The fourth-order valence-corrected chi connectivity index (χ4v) is 6.49. The molecule has 2 aliphatic rings. The van der Waals surface area contributed by atoms with Gasteiger partial charge in [-0.25, -0.2) is 0 Å². The molecule has 1 aliphatic heterocycles. The molecule has 0 radical (unpaired) electrons. The van der Waals surface area contributed by atoms with Crippen molar-refractivity contribution in [1.82, 2.24) is 4.98 Å². The molecule has 1 N–H and O–H groups in total. The summed E-state index contributed by atoms with van der Waals surface area (Å²) in [4.78, 5) is 19.1. The van der Waals surface area contributed by atoms with Crippen LogP contribution in [0.4, 0.5) is 11.5 Å². The number of pyridine rings is 1. The number of halogens is 1. The van der Waals surface area contributed by atoms with E-state index in [0.717, 1.165) is 47.6 Å². The van der Waals surface area contributed by atoms with Crippen molar-refractivity contribution in [2.24, 2.45) is 0 Å². The number of hydrogen-bond acceptors (Lipinski definition) is 4. The van der Waals surface area contributed by atoms with Gasteiger partial charge >= 0.3 is 0 Å². The lowest BCUT2D eigenvalue weighted by molar-refractivity contribution is 0.405. The second-order valence-corrected chi connectivity index (χ2v) is 9.59. The largest absolute Gasteiger partial charge is 0.311 e. The van der Waals surface area contributed by atoms with E-state index in [9.17, 15) is 10.1 Å². The average Bonchev–Trinajstić information content (AvgIpc) is 3.07. The summed E-state index contributed by atoms with van der Waals surface area (Å²) in [5.74, 6) is 0.794. The van der Waals surface area contributed by atoms with E-state index in [1.54, 1.807) is 23.9 Å². The van der Waals surface area contributed by atoms with Gasteiger partial charge in [0.05, 0.1) is 9.77 Å². The van der Waals surface area contributed by atoms with Gasteiger partial charge in [-0.2, -0.15) is 5.26 Å². The molecule has 5 rings (SSSR count). The third-order valence-electron chi connectivity index (χ3n) is 5.97. The Morgan fingerprint density at radius 1 is 1.03 bits per heavy atom. The van der Waals surface area contributed by atoms with Crippen LogP contribution >= 0.6 is 23.4 Å². The van der Waals surface area contributed by atoms with Crippen LogP contribution in [0.3, 0.4) is 0 Å². The average molecular weight is 434 g/mol. The van der Waals surface area contributed by atoms with E-state index in [2.05, 4.69) is 28.1 Å². The summed E-state index contributed by atoms with van der Waals surface area (Å²) in [5, 5.41) is 10.4. The number of para-hydroxylation sites is 1. The fraction of sp³-hybridized carbons (Fsp3) is 0.250. The quantitative estimate of drug-likeness (QED) is 0.503. The molecule has 1 saturated carbocycles. The van der Waals surface area contributed by atoms with Gasteiger partial charge in [0.15, 0.2) is 0 Å². The Morgan fingerprint density at radius 2 is 1.73 bits per heavy atom. The summed E-state index contributed by atoms with van der Waals surface area (Å²) >= 11 is 7.89. The van der Waals surface area contributed by atoms with Crippen molar-refractivity contribution in [2.45, 2.75) is 41.9 Å². The van der Waals surface area contributed by atoms with Crippen LogP contribution in [0.15, 0.2) is 64.3 Å². The lowest BCUT2D eigenvalue weighted by Crippen LogP contribution is -2.42. The number of anilines is 2. The summed E-state index contributed by atoms with van der Waals surface area (Å²) < 4.78 is 0. The minimum atomic E-state index is -0.351. The number of fused-ring (bicyclic) bond motifs is 1. The summed E-state index contributed by atoms with van der Waals surface area (Å²) in [5.41, 5.74) is 2.42. The van der Waals surface area contributed by atoms with Crippen LogP contribution in [0, 0.1) is 11.3 Å². The second kappa shape index (κ2) is 7.54. The van der Waals surface area contributed by atoms with Crippen LogP contribution in [0.25, 0.3) is 11.1 Å². The molecule has 2 heterocycles. The number of nitriles is 1. The Hall–Kier alpha value is -2.68. The Kier molecular flexibility index (Phi) is 4.85. The maximum atomic E-state index is 13.0. The molecule has 1 spiro atoms. The maximum absolute atomic E-state index is 13.0. The van der Waals surface area contributed by atoms with Crippen LogP contribution in [0.5, 0.6) is 0 Å². The van der Waals surface area contributed by atoms with Crippen LogP contribution < -0.4 is 10.5 Å². The van der Waals surface area contributed by atoms with Crippen molar-refractivity contribution in [3.05, 3.63) is 75.5 Å². The first-order valence-electron chi connectivity index (χ1n) is 10.1. The third kappa shape index (κ3) is 3.03. The lowest BCUT2D eigenvalue weighted by Gasteiger charge is -2.41. The molecule has 2 aromatic carbocycles. The number of aromatic amines is 1. The second-order valence-electron chi connectivity index (χ2n) is 7.78. The van der Waals surface area contributed by atoms with Crippen molar-refractivity contribution in [1.29, 1.82) is 5.26 Å². The molecule has 1 fully saturated rings.